The van der Waals surface area contributed by atoms with Crippen molar-refractivity contribution in [1.29, 1.82) is 0 Å². The monoisotopic (exact) mass is 257 g/mol. The molecule has 1 aliphatic rings. The largest absolute Gasteiger partial charge is 0.331 e. The Morgan fingerprint density at radius 2 is 2.16 bits per heavy atom. The van der Waals surface area contributed by atoms with Gasteiger partial charge in [-0.05, 0) is 30.9 Å². The molecule has 2 unspecified atom stereocenters. The van der Waals surface area contributed by atoms with Gasteiger partial charge in [-0.15, -0.1) is 0 Å². The molecule has 3 nitrogen and oxygen atoms in total. The number of nitrogens with two attached hydrogens (primary N) is 1. The number of nitrogens with zero attached hydrogens (tertiary/aromatic N) is 2. The Morgan fingerprint density at radius 3 is 2.89 bits per heavy atom. The number of hydrogen-bond donors (Lipinski definition) is 1. The first-order chi connectivity index (χ1) is 9.10. The van der Waals surface area contributed by atoms with Crippen molar-refractivity contribution >= 4 is 11.0 Å². The summed E-state index contributed by atoms with van der Waals surface area (Å²) in [5, 5.41) is 0. The van der Waals surface area contributed by atoms with Crippen LogP contribution in [-0.4, -0.2) is 15.1 Å². The minimum Gasteiger partial charge on any atom is -0.331 e. The quantitative estimate of drug-likeness (QED) is 0.898. The molecule has 1 aliphatic carbocycles. The zero-order valence-corrected chi connectivity index (χ0v) is 11.9. The number of aryl methyl sites for hydroxylation is 1. The molecule has 3 heteroatoms. The number of rotatable bonds is 2. The van der Waals surface area contributed by atoms with E-state index in [-0.39, 0.29) is 5.54 Å². The normalized spacial score (nSPS) is 27.8. The Kier molecular flexibility index (Phi) is 3.09. The van der Waals surface area contributed by atoms with E-state index in [2.05, 4.69) is 36.7 Å². The van der Waals surface area contributed by atoms with Crippen LogP contribution in [0.5, 0.6) is 0 Å². The van der Waals surface area contributed by atoms with E-state index in [1.54, 1.807) is 0 Å². The molecule has 0 saturated heterocycles. The van der Waals surface area contributed by atoms with Gasteiger partial charge in [0.2, 0.25) is 0 Å². The van der Waals surface area contributed by atoms with Gasteiger partial charge in [0, 0.05) is 19.0 Å². The second kappa shape index (κ2) is 4.64. The van der Waals surface area contributed by atoms with Crippen molar-refractivity contribution in [3.05, 3.63) is 30.1 Å². The summed E-state index contributed by atoms with van der Waals surface area (Å²) in [5.74, 6) is 1.71. The molecule has 0 bridgehead atoms. The molecule has 1 aromatic carbocycles. The summed E-state index contributed by atoms with van der Waals surface area (Å²) in [6.45, 7) is 2.29. The molecule has 3 rings (SSSR count). The zero-order chi connectivity index (χ0) is 13.5. The number of hydrogen-bond acceptors (Lipinski definition) is 2. The Hall–Kier alpha value is -1.35. The van der Waals surface area contributed by atoms with E-state index in [1.807, 2.05) is 6.07 Å². The Bertz CT molecular complexity index is 587. The second-order valence-corrected chi connectivity index (χ2v) is 6.13. The average molecular weight is 257 g/mol. The number of benzene rings is 1. The summed E-state index contributed by atoms with van der Waals surface area (Å²) in [5.41, 5.74) is 8.87. The molecule has 1 saturated carbocycles. The molecule has 0 aliphatic heterocycles. The van der Waals surface area contributed by atoms with Gasteiger partial charge >= 0.3 is 0 Å². The Morgan fingerprint density at radius 1 is 1.37 bits per heavy atom. The summed E-state index contributed by atoms with van der Waals surface area (Å²) >= 11 is 0. The van der Waals surface area contributed by atoms with E-state index in [0.29, 0.717) is 5.92 Å². The van der Waals surface area contributed by atoms with Crippen LogP contribution in [-0.2, 0) is 13.5 Å². The minimum atomic E-state index is -0.0760. The van der Waals surface area contributed by atoms with Crippen LogP contribution >= 0.6 is 0 Å². The fraction of sp³-hybridized carbons (Fsp3) is 0.562. The third-order valence-corrected chi connectivity index (χ3v) is 4.88. The SMILES string of the molecule is CC1CCCCC1(N)Cc1nc2ccccc2n1C. The van der Waals surface area contributed by atoms with E-state index in [9.17, 15) is 0 Å². The molecule has 1 aromatic heterocycles. The maximum absolute atomic E-state index is 6.67. The van der Waals surface area contributed by atoms with Crippen LogP contribution in [0.4, 0.5) is 0 Å². The molecule has 2 aromatic rings. The third-order valence-electron chi connectivity index (χ3n) is 4.88. The average Bonchev–Trinajstić information content (AvgIpc) is 2.71. The van der Waals surface area contributed by atoms with Gasteiger partial charge < -0.3 is 10.3 Å². The van der Waals surface area contributed by atoms with Crippen LogP contribution in [0.1, 0.15) is 38.4 Å². The minimum absolute atomic E-state index is 0.0760. The summed E-state index contributed by atoms with van der Waals surface area (Å²) in [6, 6.07) is 8.31. The van der Waals surface area contributed by atoms with Crippen LogP contribution in [0.2, 0.25) is 0 Å². The molecule has 0 amide bonds. The van der Waals surface area contributed by atoms with Crippen LogP contribution in [0.25, 0.3) is 11.0 Å². The smallest absolute Gasteiger partial charge is 0.111 e. The highest BCUT2D eigenvalue weighted by atomic mass is 15.1. The molecule has 102 valence electrons. The van der Waals surface area contributed by atoms with Crippen LogP contribution in [0.3, 0.4) is 0 Å². The van der Waals surface area contributed by atoms with Crippen molar-refractivity contribution in [2.45, 2.75) is 44.6 Å². The van der Waals surface area contributed by atoms with Crippen molar-refractivity contribution in [2.75, 3.05) is 0 Å². The number of imidazole rings is 1. The van der Waals surface area contributed by atoms with E-state index in [0.717, 1.165) is 24.2 Å². The highest BCUT2D eigenvalue weighted by Crippen LogP contribution is 2.34. The van der Waals surface area contributed by atoms with E-state index in [4.69, 9.17) is 10.7 Å². The summed E-state index contributed by atoms with van der Waals surface area (Å²) in [6.07, 6.45) is 5.84. The van der Waals surface area contributed by atoms with E-state index in [1.165, 1.54) is 24.8 Å². The van der Waals surface area contributed by atoms with Gasteiger partial charge in [-0.3, -0.25) is 0 Å². The summed E-state index contributed by atoms with van der Waals surface area (Å²) in [4.78, 5) is 4.77. The lowest BCUT2D eigenvalue weighted by molar-refractivity contribution is 0.200. The first-order valence-electron chi connectivity index (χ1n) is 7.29. The van der Waals surface area contributed by atoms with Crippen LogP contribution in [0, 0.1) is 5.92 Å². The molecule has 2 N–H and O–H groups in total. The predicted molar refractivity (Wildman–Crippen MR) is 79.0 cm³/mol. The molecule has 1 fully saturated rings. The van der Waals surface area contributed by atoms with E-state index >= 15 is 0 Å². The van der Waals surface area contributed by atoms with Gasteiger partial charge in [-0.25, -0.2) is 4.98 Å². The highest BCUT2D eigenvalue weighted by molar-refractivity contribution is 5.75. The second-order valence-electron chi connectivity index (χ2n) is 6.13. The molecule has 1 heterocycles. The first kappa shape index (κ1) is 12.7. The van der Waals surface area contributed by atoms with Gasteiger partial charge in [-0.1, -0.05) is 31.9 Å². The van der Waals surface area contributed by atoms with Gasteiger partial charge in [0.25, 0.3) is 0 Å². The summed E-state index contributed by atoms with van der Waals surface area (Å²) < 4.78 is 2.20. The lowest BCUT2D eigenvalue weighted by Gasteiger charge is -2.39. The molecular formula is C16H23N3. The lowest BCUT2D eigenvalue weighted by atomic mass is 9.72. The number of fused-ring (bicyclic) bond motifs is 1. The van der Waals surface area contributed by atoms with Gasteiger partial charge in [-0.2, -0.15) is 0 Å². The maximum Gasteiger partial charge on any atom is 0.111 e. The molecule has 19 heavy (non-hydrogen) atoms. The highest BCUT2D eigenvalue weighted by Gasteiger charge is 2.35. The van der Waals surface area contributed by atoms with Crippen molar-refractivity contribution in [3.8, 4) is 0 Å². The topological polar surface area (TPSA) is 43.8 Å². The van der Waals surface area contributed by atoms with Crippen LogP contribution in [0.15, 0.2) is 24.3 Å². The fourth-order valence-corrected chi connectivity index (χ4v) is 3.35. The molecule has 0 spiro atoms. The summed E-state index contributed by atoms with van der Waals surface area (Å²) in [7, 11) is 2.10. The van der Waals surface area contributed by atoms with Crippen molar-refractivity contribution in [2.24, 2.45) is 18.7 Å². The number of para-hydroxylation sites is 2. The Labute approximate surface area is 114 Å². The zero-order valence-electron chi connectivity index (χ0n) is 11.9. The van der Waals surface area contributed by atoms with E-state index < -0.39 is 0 Å². The fourth-order valence-electron chi connectivity index (χ4n) is 3.35. The van der Waals surface area contributed by atoms with Gasteiger partial charge in [0.15, 0.2) is 0 Å². The predicted octanol–water partition coefficient (Wildman–Crippen LogP) is 3.02. The first-order valence-corrected chi connectivity index (χ1v) is 7.29. The lowest BCUT2D eigenvalue weighted by Crippen LogP contribution is -2.50. The van der Waals surface area contributed by atoms with Crippen molar-refractivity contribution < 1.29 is 0 Å². The van der Waals surface area contributed by atoms with Crippen molar-refractivity contribution in [1.82, 2.24) is 9.55 Å². The Balaban J connectivity index is 1.94. The van der Waals surface area contributed by atoms with Crippen molar-refractivity contribution in [3.63, 3.8) is 0 Å². The number of aromatic nitrogens is 2. The standard InChI is InChI=1S/C16H23N3/c1-12-7-5-6-10-16(12,17)11-15-18-13-8-3-4-9-14(13)19(15)2/h3-4,8-9,12H,5-7,10-11,17H2,1-2H3. The van der Waals surface area contributed by atoms with Gasteiger partial charge in [0.1, 0.15) is 5.82 Å². The molecule has 0 radical (unpaired) electrons. The third kappa shape index (κ3) is 2.16. The molecular weight excluding hydrogens is 234 g/mol. The maximum atomic E-state index is 6.67. The van der Waals surface area contributed by atoms with Gasteiger partial charge in [0.05, 0.1) is 11.0 Å². The van der Waals surface area contributed by atoms with Crippen LogP contribution < -0.4 is 5.73 Å². The molecule has 2 atom stereocenters.